The first kappa shape index (κ1) is 14.7. The molecule has 0 bridgehead atoms. The number of thioether (sulfide) groups is 1. The predicted molar refractivity (Wildman–Crippen MR) is 76.5 cm³/mol. The lowest BCUT2D eigenvalue weighted by atomic mass is 9.93. The van der Waals surface area contributed by atoms with E-state index >= 15 is 0 Å². The van der Waals surface area contributed by atoms with Crippen LogP contribution in [0.4, 0.5) is 4.79 Å². The smallest absolute Gasteiger partial charge is 0.369 e. The molecule has 0 spiro atoms. The maximum Gasteiger partial charge on any atom is 0.369 e. The van der Waals surface area contributed by atoms with Crippen LogP contribution in [-0.2, 0) is 4.79 Å². The molecule has 0 aliphatic carbocycles. The van der Waals surface area contributed by atoms with Crippen molar-refractivity contribution < 1.29 is 19.4 Å². The van der Waals surface area contributed by atoms with Crippen molar-refractivity contribution in [3.05, 3.63) is 22.8 Å². The molecule has 1 amide bonds. The molecule has 0 aromatic heterocycles. The highest BCUT2D eigenvalue weighted by Crippen LogP contribution is 2.41. The van der Waals surface area contributed by atoms with Crippen molar-refractivity contribution in [1.82, 2.24) is 5.32 Å². The highest BCUT2D eigenvalue weighted by Gasteiger charge is 2.27. The van der Waals surface area contributed by atoms with Crippen molar-refractivity contribution in [2.24, 2.45) is 0 Å². The van der Waals surface area contributed by atoms with Crippen LogP contribution in [0.2, 0.25) is 0 Å². The lowest BCUT2D eigenvalue weighted by molar-refractivity contribution is -0.119. The summed E-state index contributed by atoms with van der Waals surface area (Å²) in [5, 5.41) is 10.9. The van der Waals surface area contributed by atoms with Crippen molar-refractivity contribution >= 4 is 23.0 Å². The zero-order chi connectivity index (χ0) is 14.9. The number of rotatable bonds is 2. The van der Waals surface area contributed by atoms with E-state index in [9.17, 15) is 9.59 Å². The number of amides is 1. The molecular formula is C14H17NO4S. The van der Waals surface area contributed by atoms with E-state index in [2.05, 4.69) is 5.32 Å². The summed E-state index contributed by atoms with van der Waals surface area (Å²) in [5.74, 6) is 0.665. The maximum atomic E-state index is 11.3. The van der Waals surface area contributed by atoms with Crippen molar-refractivity contribution in [2.45, 2.75) is 38.1 Å². The summed E-state index contributed by atoms with van der Waals surface area (Å²) in [4.78, 5) is 22.9. The third-order valence-electron chi connectivity index (χ3n) is 3.30. The summed E-state index contributed by atoms with van der Waals surface area (Å²) in [7, 11) is 0. The lowest BCUT2D eigenvalue weighted by Gasteiger charge is -2.30. The monoisotopic (exact) mass is 295 g/mol. The van der Waals surface area contributed by atoms with E-state index < -0.39 is 5.30 Å². The Morgan fingerprint density at radius 3 is 2.75 bits per heavy atom. The summed E-state index contributed by atoms with van der Waals surface area (Å²) in [6, 6.07) is 1.70. The van der Waals surface area contributed by atoms with Crippen LogP contribution in [0.3, 0.4) is 0 Å². The van der Waals surface area contributed by atoms with Gasteiger partial charge in [0.25, 0.3) is 0 Å². The van der Waals surface area contributed by atoms with Crippen molar-refractivity contribution in [3.63, 3.8) is 0 Å². The van der Waals surface area contributed by atoms with Crippen LogP contribution in [-0.4, -0.2) is 22.9 Å². The van der Waals surface area contributed by atoms with Gasteiger partial charge in [-0.25, -0.2) is 4.79 Å². The Labute approximate surface area is 121 Å². The van der Waals surface area contributed by atoms with Gasteiger partial charge in [0.2, 0.25) is 5.91 Å². The average molecular weight is 295 g/mol. The van der Waals surface area contributed by atoms with Gasteiger partial charge in [0.1, 0.15) is 5.75 Å². The number of hydrogen-bond donors (Lipinski definition) is 2. The molecule has 0 saturated carbocycles. The highest BCUT2D eigenvalue weighted by atomic mass is 32.2. The number of fused-ring (bicyclic) bond motifs is 1. The minimum atomic E-state index is -0.944. The highest BCUT2D eigenvalue weighted by molar-refractivity contribution is 8.13. The summed E-state index contributed by atoms with van der Waals surface area (Å²) in [6.07, 6.45) is 0.689. The van der Waals surface area contributed by atoms with Crippen LogP contribution in [0.25, 0.3) is 0 Å². The fraction of sp³-hybridized carbons (Fsp3) is 0.429. The molecule has 1 aliphatic heterocycles. The quantitative estimate of drug-likeness (QED) is 0.820. The van der Waals surface area contributed by atoms with Gasteiger partial charge in [0, 0.05) is 23.8 Å². The minimum Gasteiger partial charge on any atom is -0.493 e. The minimum absolute atomic E-state index is 0.101. The molecule has 2 rings (SSSR count). The molecular weight excluding hydrogens is 278 g/mol. The molecule has 108 valence electrons. The van der Waals surface area contributed by atoms with Gasteiger partial charge in [0.15, 0.2) is 0 Å². The molecule has 1 aliphatic rings. The number of nitrogens with one attached hydrogen (secondary N) is 1. The Balaban J connectivity index is 2.51. The largest absolute Gasteiger partial charge is 0.493 e. The third-order valence-corrected chi connectivity index (χ3v) is 4.12. The van der Waals surface area contributed by atoms with Gasteiger partial charge < -0.3 is 15.2 Å². The molecule has 0 saturated heterocycles. The lowest BCUT2D eigenvalue weighted by Crippen LogP contribution is -2.31. The maximum absolute atomic E-state index is 11.3. The van der Waals surface area contributed by atoms with Crippen LogP contribution in [0, 0.1) is 13.8 Å². The number of hydrogen-bond acceptors (Lipinski definition) is 4. The Kier molecular flexibility index (Phi) is 4.23. The molecule has 1 unspecified atom stereocenters. The fourth-order valence-electron chi connectivity index (χ4n) is 2.51. The molecule has 5 nitrogen and oxygen atoms in total. The fourth-order valence-corrected chi connectivity index (χ4v) is 3.20. The first-order chi connectivity index (χ1) is 9.40. The van der Waals surface area contributed by atoms with Gasteiger partial charge in [-0.05, 0) is 42.8 Å². The summed E-state index contributed by atoms with van der Waals surface area (Å²) in [5.41, 5.74) is 2.65. The molecule has 2 N–H and O–H groups in total. The van der Waals surface area contributed by atoms with Crippen LogP contribution < -0.4 is 10.1 Å². The van der Waals surface area contributed by atoms with Gasteiger partial charge in [-0.15, -0.1) is 0 Å². The Morgan fingerprint density at radius 2 is 2.15 bits per heavy atom. The average Bonchev–Trinajstić information content (AvgIpc) is 2.34. The van der Waals surface area contributed by atoms with Crippen LogP contribution in [0.15, 0.2) is 11.0 Å². The number of ether oxygens (including phenoxy) is 1. The standard InChI is InChI=1S/C14H17NO4S/c1-7-6-11(20-14(17)18)8(2)12-10(15-9(3)16)4-5-19-13(7)12/h6,10H,4-5H2,1-3H3,(H,15,16)(H,17,18). The van der Waals surface area contributed by atoms with Gasteiger partial charge in [-0.2, -0.15) is 0 Å². The molecule has 0 radical (unpaired) electrons. The van der Waals surface area contributed by atoms with Gasteiger partial charge in [-0.1, -0.05) is 0 Å². The summed E-state index contributed by atoms with van der Waals surface area (Å²) >= 11 is 0.781. The van der Waals surface area contributed by atoms with Crippen LogP contribution >= 0.6 is 11.8 Å². The van der Waals surface area contributed by atoms with Gasteiger partial charge in [-0.3, -0.25) is 4.79 Å². The molecule has 6 heteroatoms. The number of carbonyl (C=O) groups is 2. The van der Waals surface area contributed by atoms with E-state index in [0.29, 0.717) is 17.9 Å². The molecule has 1 aromatic rings. The van der Waals surface area contributed by atoms with Crippen molar-refractivity contribution in [1.29, 1.82) is 0 Å². The van der Waals surface area contributed by atoms with E-state index in [-0.39, 0.29) is 11.9 Å². The number of aryl methyl sites for hydroxylation is 1. The van der Waals surface area contributed by atoms with Crippen molar-refractivity contribution in [3.8, 4) is 5.75 Å². The number of benzene rings is 1. The number of carbonyl (C=O) groups excluding carboxylic acids is 1. The molecule has 1 heterocycles. The first-order valence-corrected chi connectivity index (χ1v) is 7.16. The number of carboxylic acid groups (broad SMARTS) is 1. The van der Waals surface area contributed by atoms with Crippen LogP contribution in [0.5, 0.6) is 5.75 Å². The molecule has 1 atom stereocenters. The molecule has 1 aromatic carbocycles. The Hall–Kier alpha value is -1.69. The molecule has 0 fully saturated rings. The van der Waals surface area contributed by atoms with E-state index in [0.717, 1.165) is 34.2 Å². The van der Waals surface area contributed by atoms with Gasteiger partial charge >= 0.3 is 5.30 Å². The zero-order valence-electron chi connectivity index (χ0n) is 11.6. The van der Waals surface area contributed by atoms with E-state index in [1.54, 1.807) is 0 Å². The van der Waals surface area contributed by atoms with Crippen molar-refractivity contribution in [2.75, 3.05) is 6.61 Å². The Bertz CT molecular complexity index is 571. The van der Waals surface area contributed by atoms with E-state index in [1.165, 1.54) is 6.92 Å². The zero-order valence-corrected chi connectivity index (χ0v) is 12.5. The van der Waals surface area contributed by atoms with E-state index in [4.69, 9.17) is 9.84 Å². The first-order valence-electron chi connectivity index (χ1n) is 6.35. The second-order valence-corrected chi connectivity index (χ2v) is 5.81. The SMILES string of the molecule is CC(=O)NC1CCOc2c(C)cc(SC(=O)O)c(C)c21. The topological polar surface area (TPSA) is 75.6 Å². The second kappa shape index (κ2) is 5.75. The third kappa shape index (κ3) is 2.90. The van der Waals surface area contributed by atoms with Crippen LogP contribution in [0.1, 0.15) is 36.1 Å². The molecule has 20 heavy (non-hydrogen) atoms. The van der Waals surface area contributed by atoms with Gasteiger partial charge in [0.05, 0.1) is 12.6 Å². The van der Waals surface area contributed by atoms with E-state index in [1.807, 2.05) is 19.9 Å². The normalized spacial score (nSPS) is 17.1. The Morgan fingerprint density at radius 1 is 1.45 bits per heavy atom. The predicted octanol–water partition coefficient (Wildman–Crippen LogP) is 3.03. The second-order valence-electron chi connectivity index (χ2n) is 4.82. The summed E-state index contributed by atoms with van der Waals surface area (Å²) < 4.78 is 5.70. The summed E-state index contributed by atoms with van der Waals surface area (Å²) in [6.45, 7) is 5.78.